The fourth-order valence-corrected chi connectivity index (χ4v) is 1.44. The number of halogens is 4. The van der Waals surface area contributed by atoms with Crippen LogP contribution in [0.1, 0.15) is 12.5 Å². The smallest absolute Gasteiger partial charge is 0.197 e. The molecule has 0 heterocycles. The topological polar surface area (TPSA) is 29.1 Å². The van der Waals surface area contributed by atoms with E-state index in [-0.39, 0.29) is 17.8 Å². The zero-order valence-corrected chi connectivity index (χ0v) is 9.28. The summed E-state index contributed by atoms with van der Waals surface area (Å²) in [4.78, 5) is 11.1. The van der Waals surface area contributed by atoms with Gasteiger partial charge >= 0.3 is 0 Å². The van der Waals surface area contributed by atoms with Gasteiger partial charge in [0.1, 0.15) is 5.78 Å². The van der Waals surface area contributed by atoms with Gasteiger partial charge in [-0.2, -0.15) is 0 Å². The van der Waals surface area contributed by atoms with Crippen molar-refractivity contribution in [3.8, 4) is 0 Å². The first-order valence-electron chi connectivity index (χ1n) is 4.88. The summed E-state index contributed by atoms with van der Waals surface area (Å²) in [5.74, 6) is -6.96. The number of rotatable bonds is 4. The lowest BCUT2D eigenvalue weighted by atomic mass is 10.0. The van der Waals surface area contributed by atoms with Gasteiger partial charge < -0.3 is 5.32 Å². The molecular formula is C11H11F4NO. The maximum Gasteiger partial charge on any atom is 0.197 e. The van der Waals surface area contributed by atoms with Crippen LogP contribution in [0.2, 0.25) is 0 Å². The van der Waals surface area contributed by atoms with Crippen LogP contribution < -0.4 is 5.32 Å². The summed E-state index contributed by atoms with van der Waals surface area (Å²) < 4.78 is 51.8. The molecule has 0 aliphatic heterocycles. The lowest BCUT2D eigenvalue weighted by Crippen LogP contribution is -2.34. The molecule has 0 aromatic heterocycles. The second-order valence-electron chi connectivity index (χ2n) is 3.62. The van der Waals surface area contributed by atoms with Gasteiger partial charge in [0, 0.05) is 0 Å². The van der Waals surface area contributed by atoms with Crippen LogP contribution >= 0.6 is 0 Å². The van der Waals surface area contributed by atoms with Crippen molar-refractivity contribution in [2.24, 2.45) is 0 Å². The zero-order valence-electron chi connectivity index (χ0n) is 9.28. The van der Waals surface area contributed by atoms with Crippen LogP contribution in [0.5, 0.6) is 0 Å². The Balaban J connectivity index is 3.11. The molecule has 6 heteroatoms. The molecular weight excluding hydrogens is 238 g/mol. The van der Waals surface area contributed by atoms with Crippen molar-refractivity contribution >= 4 is 5.78 Å². The number of carbonyl (C=O) groups is 1. The number of hydrogen-bond donors (Lipinski definition) is 1. The minimum absolute atomic E-state index is 0.244. The Bertz CT molecular complexity index is 448. The second-order valence-corrected chi connectivity index (χ2v) is 3.62. The molecule has 94 valence electrons. The fraction of sp³-hybridized carbons (Fsp3) is 0.364. The number of nitrogens with one attached hydrogen (secondary N) is 1. The van der Waals surface area contributed by atoms with Gasteiger partial charge in [-0.1, -0.05) is 0 Å². The molecule has 0 bridgehead atoms. The van der Waals surface area contributed by atoms with Crippen LogP contribution in [-0.2, 0) is 11.2 Å². The maximum atomic E-state index is 13.3. The van der Waals surface area contributed by atoms with Crippen molar-refractivity contribution < 1.29 is 22.4 Å². The summed E-state index contributed by atoms with van der Waals surface area (Å²) in [6.07, 6.45) is -0.244. The van der Waals surface area contributed by atoms with E-state index in [0.29, 0.717) is 6.07 Å². The molecule has 1 rings (SSSR count). The van der Waals surface area contributed by atoms with E-state index in [9.17, 15) is 22.4 Å². The van der Waals surface area contributed by atoms with E-state index >= 15 is 0 Å². The average Bonchev–Trinajstić information content (AvgIpc) is 2.29. The lowest BCUT2D eigenvalue weighted by molar-refractivity contribution is -0.118. The standard InChI is InChI=1S/C11H11F4NO/c1-5(17)8(16-2)4-6-3-7(12)10(14)11(15)9(6)13/h3,8,16H,4H2,1-2H3/t8-/m0/s1. The summed E-state index contributed by atoms with van der Waals surface area (Å²) >= 11 is 0. The van der Waals surface area contributed by atoms with Crippen LogP contribution in [0.3, 0.4) is 0 Å². The summed E-state index contributed by atoms with van der Waals surface area (Å²) in [5, 5.41) is 2.58. The van der Waals surface area contributed by atoms with Crippen molar-refractivity contribution in [3.63, 3.8) is 0 Å². The van der Waals surface area contributed by atoms with E-state index < -0.39 is 29.3 Å². The van der Waals surface area contributed by atoms with Gasteiger partial charge in [-0.15, -0.1) is 0 Å². The molecule has 1 aromatic carbocycles. The number of ketones is 1. The predicted octanol–water partition coefficient (Wildman–Crippen LogP) is 1.96. The average molecular weight is 249 g/mol. The van der Waals surface area contributed by atoms with E-state index in [1.165, 1.54) is 14.0 Å². The Morgan fingerprint density at radius 3 is 2.29 bits per heavy atom. The van der Waals surface area contributed by atoms with Gasteiger partial charge in [0.05, 0.1) is 6.04 Å². The monoisotopic (exact) mass is 249 g/mol. The molecule has 0 unspecified atom stereocenters. The molecule has 0 spiro atoms. The van der Waals surface area contributed by atoms with Crippen LogP contribution in [0.4, 0.5) is 17.6 Å². The highest BCUT2D eigenvalue weighted by Crippen LogP contribution is 2.19. The molecule has 0 aliphatic carbocycles. The summed E-state index contributed by atoms with van der Waals surface area (Å²) in [5.41, 5.74) is -0.379. The third-order valence-corrected chi connectivity index (χ3v) is 2.44. The van der Waals surface area contributed by atoms with Crippen LogP contribution in [-0.4, -0.2) is 18.9 Å². The molecule has 17 heavy (non-hydrogen) atoms. The molecule has 0 saturated heterocycles. The van der Waals surface area contributed by atoms with E-state index in [0.717, 1.165) is 0 Å². The second kappa shape index (κ2) is 5.27. The largest absolute Gasteiger partial charge is 0.310 e. The summed E-state index contributed by atoms with van der Waals surface area (Å²) in [6.45, 7) is 1.26. The van der Waals surface area contributed by atoms with Crippen LogP contribution in [0.25, 0.3) is 0 Å². The molecule has 1 aromatic rings. The van der Waals surface area contributed by atoms with Gasteiger partial charge in [-0.3, -0.25) is 4.79 Å². The van der Waals surface area contributed by atoms with E-state index in [1.54, 1.807) is 0 Å². The van der Waals surface area contributed by atoms with Crippen LogP contribution in [0.15, 0.2) is 6.07 Å². The molecule has 0 saturated carbocycles. The van der Waals surface area contributed by atoms with Gasteiger partial charge in [0.2, 0.25) is 0 Å². The first-order valence-corrected chi connectivity index (χ1v) is 4.88. The molecule has 1 atom stereocenters. The normalized spacial score (nSPS) is 12.6. The van der Waals surface area contributed by atoms with Crippen molar-refractivity contribution in [3.05, 3.63) is 34.9 Å². The van der Waals surface area contributed by atoms with Gasteiger partial charge in [0.25, 0.3) is 0 Å². The first-order chi connectivity index (χ1) is 7.88. The van der Waals surface area contributed by atoms with E-state index in [2.05, 4.69) is 5.32 Å². The Kier molecular flexibility index (Phi) is 4.22. The summed E-state index contributed by atoms with van der Waals surface area (Å²) in [6, 6.07) is -0.213. The Hall–Kier alpha value is -1.43. The molecule has 2 nitrogen and oxygen atoms in total. The Labute approximate surface area is 95.6 Å². The van der Waals surface area contributed by atoms with E-state index in [4.69, 9.17) is 0 Å². The Morgan fingerprint density at radius 2 is 1.82 bits per heavy atom. The number of hydrogen-bond acceptors (Lipinski definition) is 2. The SMILES string of the molecule is CN[C@@H](Cc1cc(F)c(F)c(F)c1F)C(C)=O. The molecule has 0 radical (unpaired) electrons. The van der Waals surface area contributed by atoms with Gasteiger partial charge in [0.15, 0.2) is 23.3 Å². The third kappa shape index (κ3) is 2.82. The highest BCUT2D eigenvalue weighted by atomic mass is 19.2. The first kappa shape index (κ1) is 13.6. The van der Waals surface area contributed by atoms with E-state index in [1.807, 2.05) is 0 Å². The minimum atomic E-state index is -1.86. The molecule has 1 N–H and O–H groups in total. The predicted molar refractivity (Wildman–Crippen MR) is 53.5 cm³/mol. The maximum absolute atomic E-state index is 13.3. The molecule has 0 amide bonds. The lowest BCUT2D eigenvalue weighted by Gasteiger charge is -2.13. The fourth-order valence-electron chi connectivity index (χ4n) is 1.44. The Morgan fingerprint density at radius 1 is 1.24 bits per heavy atom. The molecule has 0 fully saturated rings. The minimum Gasteiger partial charge on any atom is -0.310 e. The highest BCUT2D eigenvalue weighted by molar-refractivity contribution is 5.81. The van der Waals surface area contributed by atoms with Crippen molar-refractivity contribution in [2.75, 3.05) is 7.05 Å². The summed E-state index contributed by atoms with van der Waals surface area (Å²) in [7, 11) is 1.46. The number of benzene rings is 1. The highest BCUT2D eigenvalue weighted by Gasteiger charge is 2.22. The zero-order chi connectivity index (χ0) is 13.2. The van der Waals surface area contributed by atoms with Gasteiger partial charge in [-0.05, 0) is 32.0 Å². The van der Waals surface area contributed by atoms with Crippen LogP contribution in [0, 0.1) is 23.3 Å². The molecule has 0 aliphatic rings. The number of likely N-dealkylation sites (N-methyl/N-ethyl adjacent to an activating group) is 1. The van der Waals surface area contributed by atoms with Crippen molar-refractivity contribution in [2.45, 2.75) is 19.4 Å². The van der Waals surface area contributed by atoms with Gasteiger partial charge in [-0.25, -0.2) is 17.6 Å². The van der Waals surface area contributed by atoms with Crippen molar-refractivity contribution in [1.82, 2.24) is 5.32 Å². The quantitative estimate of drug-likeness (QED) is 0.502. The van der Waals surface area contributed by atoms with Crippen molar-refractivity contribution in [1.29, 1.82) is 0 Å². The third-order valence-electron chi connectivity index (χ3n) is 2.44. The number of Topliss-reactive ketones (excluding diaryl/α,β-unsaturated/α-hetero) is 1. The number of carbonyl (C=O) groups excluding carboxylic acids is 1.